The lowest BCUT2D eigenvalue weighted by Gasteiger charge is -2.21. The van der Waals surface area contributed by atoms with E-state index in [1.54, 1.807) is 0 Å². The molecule has 2 heterocycles. The molecule has 25 heavy (non-hydrogen) atoms. The second-order valence-corrected chi connectivity index (χ2v) is 6.96. The summed E-state index contributed by atoms with van der Waals surface area (Å²) in [7, 11) is 0. The lowest BCUT2D eigenvalue weighted by atomic mass is 10.0. The van der Waals surface area contributed by atoms with Gasteiger partial charge in [0.2, 0.25) is 5.91 Å². The Hall–Kier alpha value is -2.23. The zero-order valence-electron chi connectivity index (χ0n) is 15.5. The Bertz CT molecular complexity index is 721. The summed E-state index contributed by atoms with van der Waals surface area (Å²) in [6, 6.07) is 0. The molecule has 0 aromatic carbocycles. The van der Waals surface area contributed by atoms with Crippen LogP contribution in [0.15, 0.2) is 58.4 Å². The van der Waals surface area contributed by atoms with Gasteiger partial charge < -0.3 is 14.8 Å². The van der Waals surface area contributed by atoms with E-state index in [-0.39, 0.29) is 5.91 Å². The van der Waals surface area contributed by atoms with Gasteiger partial charge in [-0.3, -0.25) is 4.79 Å². The first-order valence-electron chi connectivity index (χ1n) is 9.09. The monoisotopic (exact) mass is 341 g/mol. The summed E-state index contributed by atoms with van der Waals surface area (Å²) < 4.78 is 12.2. The summed E-state index contributed by atoms with van der Waals surface area (Å²) in [5.74, 6) is 3.13. The Morgan fingerprint density at radius 2 is 2.12 bits per heavy atom. The average Bonchev–Trinajstić information content (AvgIpc) is 3.30. The fourth-order valence-electron chi connectivity index (χ4n) is 3.32. The summed E-state index contributed by atoms with van der Waals surface area (Å²) in [5.41, 5.74) is 3.25. The smallest absolute Gasteiger partial charge is 0.224 e. The topological polar surface area (TPSA) is 47.6 Å². The molecule has 0 unspecified atom stereocenters. The van der Waals surface area contributed by atoms with Crippen molar-refractivity contribution in [3.63, 3.8) is 0 Å². The van der Waals surface area contributed by atoms with Gasteiger partial charge in [0, 0.05) is 23.6 Å². The average molecular weight is 341 g/mol. The summed E-state index contributed by atoms with van der Waals surface area (Å²) >= 11 is 0. The highest BCUT2D eigenvalue weighted by atomic mass is 16.5. The normalized spacial score (nSPS) is 28.9. The minimum atomic E-state index is 0.0741. The molecule has 3 aliphatic rings. The molecule has 3 rings (SSSR count). The first-order chi connectivity index (χ1) is 12.0. The van der Waals surface area contributed by atoms with Crippen LogP contribution >= 0.6 is 0 Å². The van der Waals surface area contributed by atoms with Gasteiger partial charge in [0.25, 0.3) is 0 Å². The fourth-order valence-corrected chi connectivity index (χ4v) is 3.32. The number of fused-ring (bicyclic) bond motifs is 1. The molecule has 2 aliphatic heterocycles. The van der Waals surface area contributed by atoms with Gasteiger partial charge in [-0.15, -0.1) is 0 Å². The van der Waals surface area contributed by atoms with E-state index in [0.29, 0.717) is 24.9 Å². The Kier molecular flexibility index (Phi) is 5.16. The molecule has 4 nitrogen and oxygen atoms in total. The van der Waals surface area contributed by atoms with E-state index < -0.39 is 0 Å². The largest absolute Gasteiger partial charge is 0.494 e. The molecule has 1 fully saturated rings. The van der Waals surface area contributed by atoms with E-state index in [1.807, 2.05) is 26.0 Å². The van der Waals surface area contributed by atoms with E-state index in [0.717, 1.165) is 41.4 Å². The second-order valence-electron chi connectivity index (χ2n) is 6.96. The number of hydrogen-bond acceptors (Lipinski definition) is 3. The van der Waals surface area contributed by atoms with Crippen LogP contribution in [0.25, 0.3) is 0 Å². The number of rotatable bonds is 4. The minimum Gasteiger partial charge on any atom is -0.494 e. The maximum absolute atomic E-state index is 11.6. The van der Waals surface area contributed by atoms with Gasteiger partial charge in [0.1, 0.15) is 17.6 Å². The van der Waals surface area contributed by atoms with Crippen molar-refractivity contribution in [3.05, 3.63) is 58.4 Å². The van der Waals surface area contributed by atoms with Crippen molar-refractivity contribution in [1.29, 1.82) is 0 Å². The van der Waals surface area contributed by atoms with Gasteiger partial charge in [-0.1, -0.05) is 12.5 Å². The van der Waals surface area contributed by atoms with Gasteiger partial charge in [0.15, 0.2) is 0 Å². The maximum Gasteiger partial charge on any atom is 0.224 e. The van der Waals surface area contributed by atoms with E-state index in [2.05, 4.69) is 31.3 Å². The van der Waals surface area contributed by atoms with Crippen LogP contribution in [0, 0.1) is 5.92 Å². The summed E-state index contributed by atoms with van der Waals surface area (Å²) in [6.45, 7) is 8.15. The molecule has 0 spiro atoms. The molecular formula is C21H27NO3. The molecule has 2 atom stereocenters. The number of nitrogens with one attached hydrogen (secondary N) is 1. The van der Waals surface area contributed by atoms with E-state index in [4.69, 9.17) is 9.47 Å². The number of carbonyl (C=O) groups excluding carboxylic acids is 1. The zero-order valence-corrected chi connectivity index (χ0v) is 15.5. The third-order valence-corrected chi connectivity index (χ3v) is 4.80. The van der Waals surface area contributed by atoms with Crippen molar-refractivity contribution in [2.75, 3.05) is 0 Å². The number of amides is 1. The Labute approximate surface area is 150 Å². The molecule has 1 saturated carbocycles. The SMILES string of the molecule is CC/C=C(/OC1=C/C=C(\C)O[C@@H]2C[C@@H]2C(C)=C1)C1=C(C)NC(=O)CC1. The molecule has 134 valence electrons. The summed E-state index contributed by atoms with van der Waals surface area (Å²) in [6.07, 6.45) is 11.6. The molecule has 4 heteroatoms. The maximum atomic E-state index is 11.6. The number of ether oxygens (including phenoxy) is 2. The van der Waals surface area contributed by atoms with Crippen molar-refractivity contribution in [2.24, 2.45) is 5.92 Å². The first kappa shape index (κ1) is 17.6. The zero-order chi connectivity index (χ0) is 18.0. The third kappa shape index (κ3) is 4.25. The van der Waals surface area contributed by atoms with Crippen molar-refractivity contribution in [3.8, 4) is 0 Å². The van der Waals surface area contributed by atoms with Crippen LogP contribution in [0.4, 0.5) is 0 Å². The van der Waals surface area contributed by atoms with Crippen LogP contribution in [-0.2, 0) is 14.3 Å². The van der Waals surface area contributed by atoms with Crippen molar-refractivity contribution in [1.82, 2.24) is 5.32 Å². The van der Waals surface area contributed by atoms with Crippen molar-refractivity contribution in [2.45, 2.75) is 59.5 Å². The molecule has 0 saturated heterocycles. The lowest BCUT2D eigenvalue weighted by molar-refractivity contribution is -0.120. The molecule has 0 radical (unpaired) electrons. The van der Waals surface area contributed by atoms with Crippen molar-refractivity contribution < 1.29 is 14.3 Å². The van der Waals surface area contributed by atoms with Crippen LogP contribution in [-0.4, -0.2) is 12.0 Å². The summed E-state index contributed by atoms with van der Waals surface area (Å²) in [5, 5.41) is 2.92. The lowest BCUT2D eigenvalue weighted by Crippen LogP contribution is -2.27. The third-order valence-electron chi connectivity index (χ3n) is 4.80. The van der Waals surface area contributed by atoms with Gasteiger partial charge >= 0.3 is 0 Å². The van der Waals surface area contributed by atoms with Gasteiger partial charge in [0.05, 0.1) is 5.76 Å². The molecule has 0 aromatic heterocycles. The highest BCUT2D eigenvalue weighted by Gasteiger charge is 2.41. The van der Waals surface area contributed by atoms with Gasteiger partial charge in [-0.25, -0.2) is 0 Å². The molecule has 0 bridgehead atoms. The standard InChI is InChI=1S/C21H27NO3/c1-5-6-19(17-9-10-21(23)22-15(17)4)25-16-8-7-14(3)24-20-12-18(20)13(2)11-16/h6-8,11,18,20H,5,9-10,12H2,1-4H3,(H,22,23)/b13-11?,14-7+,16-8?,19-6+/t18-,20-/m1/s1. The van der Waals surface area contributed by atoms with Crippen molar-refractivity contribution >= 4 is 5.91 Å². The first-order valence-corrected chi connectivity index (χ1v) is 9.09. The Morgan fingerprint density at radius 1 is 1.32 bits per heavy atom. The second kappa shape index (κ2) is 7.34. The van der Waals surface area contributed by atoms with E-state index in [9.17, 15) is 4.79 Å². The number of carbonyl (C=O) groups is 1. The molecule has 1 N–H and O–H groups in total. The number of hydrogen-bond donors (Lipinski definition) is 1. The molecule has 1 amide bonds. The van der Waals surface area contributed by atoms with Crippen LogP contribution < -0.4 is 5.32 Å². The molecule has 1 aliphatic carbocycles. The predicted octanol–water partition coefficient (Wildman–Crippen LogP) is 4.63. The van der Waals surface area contributed by atoms with Crippen LogP contribution in [0.5, 0.6) is 0 Å². The highest BCUT2D eigenvalue weighted by Crippen LogP contribution is 2.42. The quantitative estimate of drug-likeness (QED) is 0.758. The number of allylic oxidation sites excluding steroid dienone is 7. The van der Waals surface area contributed by atoms with Crippen LogP contribution in [0.3, 0.4) is 0 Å². The fraction of sp³-hybridized carbons (Fsp3) is 0.476. The Balaban J connectivity index is 1.88. The van der Waals surface area contributed by atoms with Gasteiger partial charge in [-0.2, -0.15) is 0 Å². The van der Waals surface area contributed by atoms with Crippen LogP contribution in [0.2, 0.25) is 0 Å². The molecular weight excluding hydrogens is 314 g/mol. The minimum absolute atomic E-state index is 0.0741. The van der Waals surface area contributed by atoms with Gasteiger partial charge in [-0.05, 0) is 64.3 Å². The molecule has 0 aromatic rings. The summed E-state index contributed by atoms with van der Waals surface area (Å²) in [4.78, 5) is 11.6. The Morgan fingerprint density at radius 3 is 2.84 bits per heavy atom. The highest BCUT2D eigenvalue weighted by molar-refractivity contribution is 5.80. The predicted molar refractivity (Wildman–Crippen MR) is 98.1 cm³/mol. The van der Waals surface area contributed by atoms with E-state index in [1.165, 1.54) is 5.57 Å². The van der Waals surface area contributed by atoms with Crippen LogP contribution in [0.1, 0.15) is 53.4 Å². The van der Waals surface area contributed by atoms with E-state index >= 15 is 0 Å².